The first-order valence-corrected chi connectivity index (χ1v) is 16.1. The van der Waals surface area contributed by atoms with Gasteiger partial charge in [-0.05, 0) is 86.1 Å². The molecule has 0 spiro atoms. The van der Waals surface area contributed by atoms with Gasteiger partial charge < -0.3 is 14.0 Å². The Balaban J connectivity index is 1.38. The van der Waals surface area contributed by atoms with Gasteiger partial charge in [-0.25, -0.2) is 0 Å². The van der Waals surface area contributed by atoms with Gasteiger partial charge in [-0.1, -0.05) is 62.7 Å². The molecule has 4 aromatic rings. The van der Waals surface area contributed by atoms with Crippen LogP contribution in [0.3, 0.4) is 0 Å². The van der Waals surface area contributed by atoms with Crippen molar-refractivity contribution in [1.29, 1.82) is 5.26 Å². The molecule has 1 fully saturated rings. The summed E-state index contributed by atoms with van der Waals surface area (Å²) < 4.78 is 13.6. The van der Waals surface area contributed by atoms with Crippen LogP contribution >= 0.6 is 0 Å². The Morgan fingerprint density at radius 1 is 0.956 bits per heavy atom. The van der Waals surface area contributed by atoms with Crippen LogP contribution < -0.4 is 10.3 Å². The molecule has 0 atom stereocenters. The van der Waals surface area contributed by atoms with Crippen LogP contribution in [0, 0.1) is 17.2 Å². The fourth-order valence-corrected chi connectivity index (χ4v) is 6.25. The zero-order valence-electron chi connectivity index (χ0n) is 26.4. The molecule has 0 saturated heterocycles. The van der Waals surface area contributed by atoms with Gasteiger partial charge in [0, 0.05) is 29.8 Å². The Morgan fingerprint density at radius 2 is 1.67 bits per heavy atom. The monoisotopic (exact) mass is 603 g/mol. The van der Waals surface area contributed by atoms with Gasteiger partial charge in [0.15, 0.2) is 0 Å². The van der Waals surface area contributed by atoms with Crippen LogP contribution in [0.25, 0.3) is 16.8 Å². The normalized spacial score (nSPS) is 16.1. The van der Waals surface area contributed by atoms with E-state index in [4.69, 9.17) is 9.47 Å². The highest BCUT2D eigenvalue weighted by Crippen LogP contribution is 2.30. The van der Waals surface area contributed by atoms with E-state index in [0.717, 1.165) is 78.2 Å². The van der Waals surface area contributed by atoms with Gasteiger partial charge in [-0.15, -0.1) is 0 Å². The first-order valence-electron chi connectivity index (χ1n) is 16.1. The SMILES string of the molecule is CCCc1c(Cc2ccc(-c3ccccc3C#N)cc2)c(=O)nc(CC)n1-c1ccc(OC2CCC(C(=O)OCC)CC2)cc1. The van der Waals surface area contributed by atoms with Crippen LogP contribution in [0.1, 0.15) is 81.1 Å². The molecule has 7 nitrogen and oxygen atoms in total. The van der Waals surface area contributed by atoms with E-state index in [9.17, 15) is 14.9 Å². The lowest BCUT2D eigenvalue weighted by atomic mass is 9.87. The van der Waals surface area contributed by atoms with E-state index in [0.29, 0.717) is 30.6 Å². The number of benzene rings is 3. The number of esters is 1. The number of nitrogens with zero attached hydrogens (tertiary/aromatic N) is 3. The van der Waals surface area contributed by atoms with E-state index >= 15 is 0 Å². The third kappa shape index (κ3) is 7.34. The summed E-state index contributed by atoms with van der Waals surface area (Å²) in [5, 5.41) is 9.52. The molecule has 0 aliphatic heterocycles. The Kier molecular flexibility index (Phi) is 10.5. The number of rotatable bonds is 11. The lowest BCUT2D eigenvalue weighted by Gasteiger charge is -2.28. The van der Waals surface area contributed by atoms with Crippen LogP contribution in [0.4, 0.5) is 0 Å². The molecule has 0 unspecified atom stereocenters. The van der Waals surface area contributed by atoms with Crippen molar-refractivity contribution in [3.8, 4) is 28.6 Å². The molecular formula is C38H41N3O4. The van der Waals surface area contributed by atoms with Gasteiger partial charge >= 0.3 is 5.97 Å². The third-order valence-corrected chi connectivity index (χ3v) is 8.55. The highest BCUT2D eigenvalue weighted by molar-refractivity contribution is 5.72. The average Bonchev–Trinajstić information content (AvgIpc) is 3.07. The first-order chi connectivity index (χ1) is 21.9. The average molecular weight is 604 g/mol. The van der Waals surface area contributed by atoms with Crippen molar-refractivity contribution in [2.45, 2.75) is 78.2 Å². The standard InChI is InChI=1S/C38H41N3O4/c1-4-9-35-34(24-26-12-14-27(15-13-26)33-11-8-7-10-29(33)25-39)37(42)40-36(5-2)41(35)30-18-22-32(23-19-30)45-31-20-16-28(17-21-31)38(43)44-6-3/h7-8,10-15,18-19,22-23,28,31H,4-6,9,16-17,20-21,24H2,1-3H3. The Morgan fingerprint density at radius 3 is 2.31 bits per heavy atom. The topological polar surface area (TPSA) is 94.2 Å². The van der Waals surface area contributed by atoms with Gasteiger partial charge in [0.25, 0.3) is 5.56 Å². The summed E-state index contributed by atoms with van der Waals surface area (Å²) in [5.41, 5.74) is 5.98. The zero-order chi connectivity index (χ0) is 31.8. The summed E-state index contributed by atoms with van der Waals surface area (Å²) in [7, 11) is 0. The van der Waals surface area contributed by atoms with Gasteiger partial charge in [0.2, 0.25) is 0 Å². The minimum atomic E-state index is -0.177. The minimum absolute atomic E-state index is 0.0306. The summed E-state index contributed by atoms with van der Waals surface area (Å²) in [6.07, 6.45) is 6.02. The zero-order valence-corrected chi connectivity index (χ0v) is 26.4. The molecule has 1 aliphatic rings. The van der Waals surface area contributed by atoms with E-state index in [-0.39, 0.29) is 23.6 Å². The summed E-state index contributed by atoms with van der Waals surface area (Å²) in [6.45, 7) is 6.41. The van der Waals surface area contributed by atoms with Crippen LogP contribution in [-0.4, -0.2) is 28.2 Å². The second kappa shape index (κ2) is 14.9. The van der Waals surface area contributed by atoms with Gasteiger partial charge in [0.05, 0.1) is 30.3 Å². The van der Waals surface area contributed by atoms with Crippen molar-refractivity contribution in [3.63, 3.8) is 0 Å². The quantitative estimate of drug-likeness (QED) is 0.166. The van der Waals surface area contributed by atoms with E-state index < -0.39 is 0 Å². The number of carbonyl (C=O) groups excluding carboxylic acids is 1. The predicted octanol–water partition coefficient (Wildman–Crippen LogP) is 7.38. The van der Waals surface area contributed by atoms with Crippen molar-refractivity contribution in [3.05, 3.63) is 111 Å². The lowest BCUT2D eigenvalue weighted by molar-refractivity contribution is -0.149. The van der Waals surface area contributed by atoms with Crippen molar-refractivity contribution in [2.75, 3.05) is 6.61 Å². The Bertz CT molecular complexity index is 1710. The number of hydrogen-bond donors (Lipinski definition) is 0. The minimum Gasteiger partial charge on any atom is -0.490 e. The van der Waals surface area contributed by atoms with E-state index in [2.05, 4.69) is 22.5 Å². The predicted molar refractivity (Wildman–Crippen MR) is 176 cm³/mol. The molecule has 0 bridgehead atoms. The second-order valence-electron chi connectivity index (χ2n) is 11.6. The number of hydrogen-bond acceptors (Lipinski definition) is 6. The molecule has 232 valence electrons. The highest BCUT2D eigenvalue weighted by atomic mass is 16.5. The van der Waals surface area contributed by atoms with E-state index in [1.54, 1.807) is 0 Å². The molecule has 1 aliphatic carbocycles. The fraction of sp³-hybridized carbons (Fsp3) is 0.368. The van der Waals surface area contributed by atoms with Gasteiger partial charge in [0.1, 0.15) is 11.6 Å². The second-order valence-corrected chi connectivity index (χ2v) is 11.6. The van der Waals surface area contributed by atoms with Gasteiger partial charge in [-0.3, -0.25) is 9.59 Å². The maximum Gasteiger partial charge on any atom is 0.308 e. The number of carbonyl (C=O) groups is 1. The number of aromatic nitrogens is 2. The maximum absolute atomic E-state index is 13.4. The Labute approximate surface area is 265 Å². The smallest absolute Gasteiger partial charge is 0.308 e. The number of ether oxygens (including phenoxy) is 2. The molecule has 1 heterocycles. The summed E-state index contributed by atoms with van der Waals surface area (Å²) in [4.78, 5) is 30.1. The van der Waals surface area contributed by atoms with Crippen LogP contribution in [0.2, 0.25) is 0 Å². The molecule has 0 radical (unpaired) electrons. The largest absolute Gasteiger partial charge is 0.490 e. The summed E-state index contributed by atoms with van der Waals surface area (Å²) >= 11 is 0. The fourth-order valence-electron chi connectivity index (χ4n) is 6.25. The van der Waals surface area contributed by atoms with Crippen LogP contribution in [0.5, 0.6) is 5.75 Å². The number of aryl methyl sites for hydroxylation is 1. The molecule has 3 aromatic carbocycles. The molecular weight excluding hydrogens is 562 g/mol. The third-order valence-electron chi connectivity index (χ3n) is 8.55. The first kappa shape index (κ1) is 31.7. The maximum atomic E-state index is 13.4. The van der Waals surface area contributed by atoms with E-state index in [1.165, 1.54) is 0 Å². The molecule has 5 rings (SSSR count). The molecule has 1 saturated carbocycles. The lowest BCUT2D eigenvalue weighted by Crippen LogP contribution is -2.29. The molecule has 1 aromatic heterocycles. The van der Waals surface area contributed by atoms with Crippen molar-refractivity contribution in [1.82, 2.24) is 9.55 Å². The van der Waals surface area contributed by atoms with Crippen LogP contribution in [0.15, 0.2) is 77.6 Å². The molecule has 0 amide bonds. The Hall–Kier alpha value is -4.70. The summed E-state index contributed by atoms with van der Waals surface area (Å²) in [6, 6.07) is 26.0. The summed E-state index contributed by atoms with van der Waals surface area (Å²) in [5.74, 6) is 1.40. The molecule has 0 N–H and O–H groups in total. The van der Waals surface area contributed by atoms with Crippen molar-refractivity contribution >= 4 is 5.97 Å². The highest BCUT2D eigenvalue weighted by Gasteiger charge is 2.28. The van der Waals surface area contributed by atoms with Crippen molar-refractivity contribution < 1.29 is 14.3 Å². The number of nitriles is 1. The van der Waals surface area contributed by atoms with E-state index in [1.807, 2.05) is 86.6 Å². The van der Waals surface area contributed by atoms with Gasteiger partial charge in [-0.2, -0.15) is 10.2 Å². The molecule has 7 heteroatoms. The van der Waals surface area contributed by atoms with Crippen molar-refractivity contribution in [2.24, 2.45) is 5.92 Å². The molecule has 45 heavy (non-hydrogen) atoms. The van der Waals surface area contributed by atoms with Crippen LogP contribution in [-0.2, 0) is 28.8 Å².